The Hall–Kier alpha value is -0.220. The predicted octanol–water partition coefficient (Wildman–Crippen LogP) is 1.94. The molecule has 16 heavy (non-hydrogen) atoms. The van der Waals surface area contributed by atoms with Crippen molar-refractivity contribution in [2.75, 3.05) is 26.4 Å². The smallest absolute Gasteiger partial charge is 0.156 e. The van der Waals surface area contributed by atoms with Crippen LogP contribution in [0.3, 0.4) is 0 Å². The van der Waals surface area contributed by atoms with Crippen molar-refractivity contribution in [1.29, 1.82) is 0 Å². The fourth-order valence-corrected chi connectivity index (χ4v) is 3.52. The zero-order valence-electron chi connectivity index (χ0n) is 10.6. The molecule has 1 saturated heterocycles. The van der Waals surface area contributed by atoms with Gasteiger partial charge in [0.25, 0.3) is 0 Å². The van der Waals surface area contributed by atoms with E-state index < -0.39 is 0 Å². The number of amidine groups is 1. The van der Waals surface area contributed by atoms with E-state index in [4.69, 9.17) is 4.99 Å². The van der Waals surface area contributed by atoms with Crippen LogP contribution < -0.4 is 5.32 Å². The molecule has 4 heteroatoms. The molecule has 0 aromatic rings. The number of hydrogen-bond acceptors (Lipinski definition) is 3. The summed E-state index contributed by atoms with van der Waals surface area (Å²) in [4.78, 5) is 7.16. The van der Waals surface area contributed by atoms with Crippen LogP contribution in [0.5, 0.6) is 0 Å². The topological polar surface area (TPSA) is 27.6 Å². The Bertz CT molecular complexity index is 269. The van der Waals surface area contributed by atoms with Crippen LogP contribution >= 0.6 is 11.8 Å². The molecule has 2 rings (SSSR count). The minimum atomic E-state index is 0.334. The first-order valence-corrected chi connectivity index (χ1v) is 7.22. The summed E-state index contributed by atoms with van der Waals surface area (Å²) in [6.07, 6.45) is 5.33. The molecule has 2 fully saturated rings. The molecule has 0 aromatic heterocycles. The van der Waals surface area contributed by atoms with Crippen LogP contribution in [0.15, 0.2) is 4.99 Å². The first-order chi connectivity index (χ1) is 7.62. The maximum atomic E-state index is 4.78. The van der Waals surface area contributed by atoms with Crippen molar-refractivity contribution < 1.29 is 0 Å². The van der Waals surface area contributed by atoms with E-state index >= 15 is 0 Å². The van der Waals surface area contributed by atoms with Gasteiger partial charge in [-0.2, -0.15) is 0 Å². The van der Waals surface area contributed by atoms with Crippen molar-refractivity contribution in [3.63, 3.8) is 0 Å². The Morgan fingerprint density at radius 2 is 2.12 bits per heavy atom. The number of nitrogens with one attached hydrogen (secondary N) is 1. The molecule has 1 atom stereocenters. The first-order valence-electron chi connectivity index (χ1n) is 6.24. The maximum absolute atomic E-state index is 4.78. The summed E-state index contributed by atoms with van der Waals surface area (Å²) < 4.78 is 0. The van der Waals surface area contributed by atoms with Crippen molar-refractivity contribution in [3.05, 3.63) is 0 Å². The lowest BCUT2D eigenvalue weighted by Gasteiger charge is -2.34. The second-order valence-corrected chi connectivity index (χ2v) is 6.31. The van der Waals surface area contributed by atoms with E-state index in [0.717, 1.165) is 17.5 Å². The van der Waals surface area contributed by atoms with Gasteiger partial charge in [0, 0.05) is 17.3 Å². The zero-order valence-corrected chi connectivity index (χ0v) is 11.4. The van der Waals surface area contributed by atoms with Crippen LogP contribution in [0.1, 0.15) is 32.6 Å². The molecule has 1 saturated carbocycles. The Labute approximate surface area is 103 Å². The van der Waals surface area contributed by atoms with Gasteiger partial charge in [0.05, 0.1) is 6.54 Å². The van der Waals surface area contributed by atoms with Gasteiger partial charge in [-0.3, -0.25) is 4.99 Å². The Morgan fingerprint density at radius 3 is 2.62 bits per heavy atom. The highest BCUT2D eigenvalue weighted by Gasteiger charge is 2.35. The van der Waals surface area contributed by atoms with E-state index in [0.29, 0.717) is 11.6 Å². The first kappa shape index (κ1) is 12.2. The highest BCUT2D eigenvalue weighted by molar-refractivity contribution is 8.14. The summed E-state index contributed by atoms with van der Waals surface area (Å²) in [5.74, 6) is 1.16. The Balaban J connectivity index is 1.96. The molecule has 0 aromatic carbocycles. The number of nitrogens with zero attached hydrogens (tertiary/aromatic N) is 2. The molecular weight excluding hydrogens is 218 g/mol. The summed E-state index contributed by atoms with van der Waals surface area (Å²) >= 11 is 1.86. The lowest BCUT2D eigenvalue weighted by Crippen LogP contribution is -2.44. The van der Waals surface area contributed by atoms with Crippen molar-refractivity contribution in [2.45, 2.75) is 44.2 Å². The average Bonchev–Trinajstić information content (AvgIpc) is 2.84. The third-order valence-corrected chi connectivity index (χ3v) is 5.03. The molecule has 3 nitrogen and oxygen atoms in total. The van der Waals surface area contributed by atoms with E-state index in [1.54, 1.807) is 0 Å². The minimum Gasteiger partial charge on any atom is -0.362 e. The molecule has 92 valence electrons. The molecule has 0 amide bonds. The van der Waals surface area contributed by atoms with E-state index in [1.807, 2.05) is 11.8 Å². The number of likely N-dealkylation sites (N-methyl/N-ethyl adjacent to an activating group) is 1. The molecule has 1 aliphatic heterocycles. The lowest BCUT2D eigenvalue weighted by atomic mass is 9.96. The summed E-state index contributed by atoms with van der Waals surface area (Å²) in [6, 6.07) is 0.586. The Morgan fingerprint density at radius 1 is 1.44 bits per heavy atom. The third-order valence-electron chi connectivity index (χ3n) is 3.84. The molecule has 1 aliphatic carbocycles. The van der Waals surface area contributed by atoms with Crippen molar-refractivity contribution in [1.82, 2.24) is 10.2 Å². The van der Waals surface area contributed by atoms with Crippen LogP contribution in [0.2, 0.25) is 0 Å². The molecule has 0 bridgehead atoms. The highest BCUT2D eigenvalue weighted by Crippen LogP contribution is 2.34. The number of aliphatic imine (C=N–C) groups is 1. The van der Waals surface area contributed by atoms with Crippen LogP contribution in [0.25, 0.3) is 0 Å². The molecule has 1 N–H and O–H groups in total. The lowest BCUT2D eigenvalue weighted by molar-refractivity contribution is 0.167. The van der Waals surface area contributed by atoms with Crippen molar-refractivity contribution >= 4 is 16.9 Å². The monoisotopic (exact) mass is 241 g/mol. The van der Waals surface area contributed by atoms with Crippen molar-refractivity contribution in [2.24, 2.45) is 4.99 Å². The Kier molecular flexibility index (Phi) is 3.80. The fourth-order valence-electron chi connectivity index (χ4n) is 2.59. The summed E-state index contributed by atoms with van der Waals surface area (Å²) in [7, 11) is 4.40. The normalized spacial score (nSPS) is 31.2. The number of rotatable bonds is 3. The van der Waals surface area contributed by atoms with E-state index in [-0.39, 0.29) is 0 Å². The van der Waals surface area contributed by atoms with Gasteiger partial charge in [-0.05, 0) is 33.9 Å². The largest absolute Gasteiger partial charge is 0.362 e. The van der Waals surface area contributed by atoms with Gasteiger partial charge in [0.15, 0.2) is 5.17 Å². The second kappa shape index (κ2) is 4.96. The van der Waals surface area contributed by atoms with Gasteiger partial charge in [0.1, 0.15) is 0 Å². The van der Waals surface area contributed by atoms with Crippen LogP contribution in [-0.4, -0.2) is 48.0 Å². The SMILES string of the molecule is CC1CSC(=NCC2(N(C)C)CCCC2)N1. The highest BCUT2D eigenvalue weighted by atomic mass is 32.2. The van der Waals surface area contributed by atoms with Crippen LogP contribution in [0.4, 0.5) is 0 Å². The minimum absolute atomic E-state index is 0.334. The van der Waals surface area contributed by atoms with Gasteiger partial charge in [-0.25, -0.2) is 0 Å². The van der Waals surface area contributed by atoms with Crippen molar-refractivity contribution in [3.8, 4) is 0 Å². The van der Waals surface area contributed by atoms with E-state index in [9.17, 15) is 0 Å². The molecule has 0 spiro atoms. The zero-order chi connectivity index (χ0) is 11.6. The third kappa shape index (κ3) is 2.54. The molecule has 1 unspecified atom stereocenters. The second-order valence-electron chi connectivity index (χ2n) is 5.30. The van der Waals surface area contributed by atoms with E-state index in [2.05, 4.69) is 31.2 Å². The van der Waals surface area contributed by atoms with Crippen LogP contribution in [0, 0.1) is 0 Å². The summed E-state index contributed by atoms with van der Waals surface area (Å²) in [6.45, 7) is 3.18. The van der Waals surface area contributed by atoms with E-state index in [1.165, 1.54) is 25.7 Å². The number of thioether (sulfide) groups is 1. The standard InChI is InChI=1S/C12H23N3S/c1-10-8-16-11(14-10)13-9-12(15(2)3)6-4-5-7-12/h10H,4-9H2,1-3H3,(H,13,14). The number of hydrogen-bond donors (Lipinski definition) is 1. The molecular formula is C12H23N3S. The molecule has 0 radical (unpaired) electrons. The molecule has 2 aliphatic rings. The quantitative estimate of drug-likeness (QED) is 0.818. The fraction of sp³-hybridized carbons (Fsp3) is 0.917. The van der Waals surface area contributed by atoms with Gasteiger partial charge >= 0.3 is 0 Å². The van der Waals surface area contributed by atoms with Gasteiger partial charge < -0.3 is 10.2 Å². The molecule has 1 heterocycles. The summed E-state index contributed by atoms with van der Waals surface area (Å²) in [5.41, 5.74) is 0.334. The van der Waals surface area contributed by atoms with Gasteiger partial charge in [-0.15, -0.1) is 0 Å². The maximum Gasteiger partial charge on any atom is 0.156 e. The average molecular weight is 241 g/mol. The summed E-state index contributed by atoms with van der Waals surface area (Å²) in [5, 5.41) is 4.58. The van der Waals surface area contributed by atoms with Crippen LogP contribution in [-0.2, 0) is 0 Å². The predicted molar refractivity (Wildman–Crippen MR) is 72.2 cm³/mol. The van der Waals surface area contributed by atoms with Gasteiger partial charge in [0.2, 0.25) is 0 Å². The van der Waals surface area contributed by atoms with Gasteiger partial charge in [-0.1, -0.05) is 24.6 Å².